The molecule has 0 spiro atoms. The normalized spacial score (nSPS) is 16.8. The van der Waals surface area contributed by atoms with E-state index < -0.39 is 11.6 Å². The molecular weight excluding hydrogens is 551 g/mol. The van der Waals surface area contributed by atoms with E-state index in [1.807, 2.05) is 43.3 Å². The first-order chi connectivity index (χ1) is 21.1. The summed E-state index contributed by atoms with van der Waals surface area (Å²) >= 11 is 0. The molecule has 0 saturated carbocycles. The lowest BCUT2D eigenvalue weighted by molar-refractivity contribution is -0.166. The lowest BCUT2D eigenvalue weighted by atomic mass is 9.68. The minimum atomic E-state index is -4.59. The van der Waals surface area contributed by atoms with E-state index in [2.05, 4.69) is 43.1 Å². The van der Waals surface area contributed by atoms with Crippen LogP contribution in [0.3, 0.4) is 0 Å². The molecular formula is C40H38F3N. The van der Waals surface area contributed by atoms with Crippen molar-refractivity contribution >= 4 is 0 Å². The number of hydrogen-bond donors (Lipinski definition) is 0. The first-order valence-corrected chi connectivity index (χ1v) is 15.3. The Kier molecular flexibility index (Phi) is 7.98. The van der Waals surface area contributed by atoms with Gasteiger partial charge < -0.3 is 4.90 Å². The fraction of sp³-hybridized carbons (Fsp3) is 0.250. The van der Waals surface area contributed by atoms with Crippen molar-refractivity contribution in [3.05, 3.63) is 155 Å². The van der Waals surface area contributed by atoms with Crippen LogP contribution in [0.5, 0.6) is 0 Å². The van der Waals surface area contributed by atoms with Gasteiger partial charge in [0.25, 0.3) is 0 Å². The van der Waals surface area contributed by atoms with Crippen molar-refractivity contribution in [3.8, 4) is 22.3 Å². The number of benzene rings is 5. The molecule has 1 nitrogen and oxygen atoms in total. The van der Waals surface area contributed by atoms with E-state index in [-0.39, 0.29) is 22.1 Å². The first-order valence-electron chi connectivity index (χ1n) is 15.3. The maximum absolute atomic E-state index is 15.6. The maximum Gasteiger partial charge on any atom is 0.406 e. The Bertz CT molecular complexity index is 1680. The highest BCUT2D eigenvalue weighted by Crippen LogP contribution is 2.51. The smallest absolute Gasteiger partial charge is 0.306 e. The zero-order valence-corrected chi connectivity index (χ0v) is 25.5. The molecule has 6 rings (SSSR count). The van der Waals surface area contributed by atoms with Crippen molar-refractivity contribution in [2.45, 2.75) is 43.7 Å². The summed E-state index contributed by atoms with van der Waals surface area (Å²) in [6, 6.07) is 38.7. The summed E-state index contributed by atoms with van der Waals surface area (Å²) in [7, 11) is 2.16. The summed E-state index contributed by atoms with van der Waals surface area (Å²) in [5.74, 6) is 0. The van der Waals surface area contributed by atoms with Crippen LogP contribution in [-0.2, 0) is 10.8 Å². The number of rotatable bonds is 6. The lowest BCUT2D eigenvalue weighted by Gasteiger charge is -2.38. The summed E-state index contributed by atoms with van der Waals surface area (Å²) in [6.07, 6.45) is -2.36. The van der Waals surface area contributed by atoms with Crippen LogP contribution in [0.1, 0.15) is 47.6 Å². The highest BCUT2D eigenvalue weighted by molar-refractivity contribution is 5.68. The van der Waals surface area contributed by atoms with Crippen LogP contribution in [-0.4, -0.2) is 31.2 Å². The summed E-state index contributed by atoms with van der Waals surface area (Å²) in [6.45, 7) is 6.51. The second kappa shape index (κ2) is 11.7. The van der Waals surface area contributed by atoms with Gasteiger partial charge in [-0.15, -0.1) is 0 Å². The topological polar surface area (TPSA) is 3.24 Å². The molecule has 0 aromatic heterocycles. The average molecular weight is 590 g/mol. The van der Waals surface area contributed by atoms with Gasteiger partial charge in [0.05, 0.1) is 0 Å². The number of nitrogens with zero attached hydrogens (tertiary/aromatic N) is 1. The van der Waals surface area contributed by atoms with E-state index in [1.54, 1.807) is 66.7 Å². The molecule has 5 aromatic carbocycles. The minimum Gasteiger partial charge on any atom is -0.306 e. The molecule has 0 amide bonds. The summed E-state index contributed by atoms with van der Waals surface area (Å²) in [4.78, 5) is 2.37. The molecule has 1 fully saturated rings. The van der Waals surface area contributed by atoms with E-state index in [1.165, 1.54) is 5.56 Å². The number of aryl methyl sites for hydroxylation is 1. The Hall–Kier alpha value is -4.15. The molecule has 5 aromatic rings. The lowest BCUT2D eigenvalue weighted by Crippen LogP contribution is -2.44. The maximum atomic E-state index is 15.6. The van der Waals surface area contributed by atoms with Crippen LogP contribution in [0.25, 0.3) is 22.3 Å². The Labute approximate surface area is 259 Å². The van der Waals surface area contributed by atoms with Crippen LogP contribution >= 0.6 is 0 Å². The van der Waals surface area contributed by atoms with Crippen LogP contribution in [0.15, 0.2) is 127 Å². The minimum absolute atomic E-state index is 0.145. The van der Waals surface area contributed by atoms with E-state index >= 15 is 13.2 Å². The summed E-state index contributed by atoms with van der Waals surface area (Å²) in [5.41, 5.74) is 4.59. The van der Waals surface area contributed by atoms with Crippen molar-refractivity contribution in [3.63, 3.8) is 0 Å². The predicted molar refractivity (Wildman–Crippen MR) is 175 cm³/mol. The van der Waals surface area contributed by atoms with Gasteiger partial charge in [0, 0.05) is 0 Å². The Morgan fingerprint density at radius 3 is 1.36 bits per heavy atom. The Balaban J connectivity index is 1.39. The monoisotopic (exact) mass is 589 g/mol. The van der Waals surface area contributed by atoms with Gasteiger partial charge in [0.2, 0.25) is 0 Å². The third-order valence-electron chi connectivity index (χ3n) is 9.66. The van der Waals surface area contributed by atoms with Gasteiger partial charge in [-0.3, -0.25) is 0 Å². The highest BCUT2D eigenvalue weighted by atomic mass is 19.4. The highest BCUT2D eigenvalue weighted by Gasteiger charge is 2.58. The molecule has 224 valence electrons. The molecule has 4 heteroatoms. The van der Waals surface area contributed by atoms with E-state index in [0.717, 1.165) is 53.7 Å². The molecule has 1 unspecified atom stereocenters. The van der Waals surface area contributed by atoms with Crippen LogP contribution in [0.2, 0.25) is 0 Å². The zero-order chi connectivity index (χ0) is 31.0. The Morgan fingerprint density at radius 1 is 0.545 bits per heavy atom. The summed E-state index contributed by atoms with van der Waals surface area (Å²) in [5, 5.41) is 0. The number of alkyl halides is 3. The zero-order valence-electron chi connectivity index (χ0n) is 25.5. The molecule has 0 aliphatic carbocycles. The van der Waals surface area contributed by atoms with Gasteiger partial charge in [-0.2, -0.15) is 13.2 Å². The third kappa shape index (κ3) is 5.48. The van der Waals surface area contributed by atoms with E-state index in [9.17, 15) is 0 Å². The molecule has 0 radical (unpaired) electrons. The fourth-order valence-electron chi connectivity index (χ4n) is 6.72. The number of likely N-dealkylation sites (tertiary alicyclic amines) is 1. The van der Waals surface area contributed by atoms with Crippen LogP contribution in [0, 0.1) is 6.92 Å². The quantitative estimate of drug-likeness (QED) is 0.178. The number of hydrogen-bond acceptors (Lipinski definition) is 1. The van der Waals surface area contributed by atoms with Crippen molar-refractivity contribution in [2.24, 2.45) is 0 Å². The van der Waals surface area contributed by atoms with Gasteiger partial charge >= 0.3 is 6.18 Å². The van der Waals surface area contributed by atoms with E-state index in [4.69, 9.17) is 0 Å². The van der Waals surface area contributed by atoms with Gasteiger partial charge in [-0.05, 0) is 89.8 Å². The van der Waals surface area contributed by atoms with Crippen molar-refractivity contribution in [2.75, 3.05) is 20.1 Å². The molecule has 1 saturated heterocycles. The molecule has 0 N–H and O–H groups in total. The molecule has 1 atom stereocenters. The average Bonchev–Trinajstić information content (AvgIpc) is 3.04. The molecule has 1 aliphatic rings. The van der Waals surface area contributed by atoms with Gasteiger partial charge in [0.15, 0.2) is 0 Å². The van der Waals surface area contributed by atoms with Gasteiger partial charge in [-0.25, -0.2) is 0 Å². The second-order valence-electron chi connectivity index (χ2n) is 12.6. The largest absolute Gasteiger partial charge is 0.406 e. The first kappa shape index (κ1) is 29.9. The van der Waals surface area contributed by atoms with Crippen LogP contribution in [0.4, 0.5) is 13.2 Å². The molecule has 1 heterocycles. The van der Waals surface area contributed by atoms with Crippen molar-refractivity contribution in [1.82, 2.24) is 4.90 Å². The molecule has 0 bridgehead atoms. The molecule has 1 aliphatic heterocycles. The van der Waals surface area contributed by atoms with Gasteiger partial charge in [-0.1, -0.05) is 140 Å². The number of piperidine rings is 1. The summed E-state index contributed by atoms with van der Waals surface area (Å²) < 4.78 is 46.8. The van der Waals surface area contributed by atoms with E-state index in [0.29, 0.717) is 0 Å². The third-order valence-corrected chi connectivity index (χ3v) is 9.66. The van der Waals surface area contributed by atoms with Crippen molar-refractivity contribution in [1.29, 1.82) is 0 Å². The SMILES string of the molecule is Cc1ccc(-c2ccc(C(c3ccccc3)(c3ccc(-c4ccc(C5(C)CCN(C)CC5)cc4)cc3)C(F)(F)F)cc2)cc1. The standard InChI is InChI=1S/C40H38F3N/c1-29-9-11-30(12-10-29)32-15-21-36(22-16-32)39(40(41,42)43,35-7-5-4-6-8-35)37-23-17-33(18-24-37)31-13-19-34(20-14-31)38(2)25-27-44(3)28-26-38/h4-24H,25-28H2,1-3H3. The molecule has 44 heavy (non-hydrogen) atoms. The van der Waals surface area contributed by atoms with Gasteiger partial charge in [0.1, 0.15) is 5.41 Å². The second-order valence-corrected chi connectivity index (χ2v) is 12.6. The number of halogens is 3. The fourth-order valence-corrected chi connectivity index (χ4v) is 6.72. The van der Waals surface area contributed by atoms with Crippen LogP contribution < -0.4 is 0 Å². The Morgan fingerprint density at radius 2 is 0.932 bits per heavy atom. The predicted octanol–water partition coefficient (Wildman–Crippen LogP) is 10.2. The van der Waals surface area contributed by atoms with Crippen molar-refractivity contribution < 1.29 is 13.2 Å².